The Hall–Kier alpha value is -2.79. The molecule has 0 aliphatic rings. The van der Waals surface area contributed by atoms with Crippen LogP contribution in [0.3, 0.4) is 0 Å². The summed E-state index contributed by atoms with van der Waals surface area (Å²) < 4.78 is 4.58. The zero-order valence-corrected chi connectivity index (χ0v) is 12.8. The fraction of sp³-hybridized carbons (Fsp3) is 0.0588. The number of nitrogens with one attached hydrogen (secondary N) is 1. The van der Waals surface area contributed by atoms with Crippen molar-refractivity contribution < 1.29 is 14.6 Å². The monoisotopic (exact) mass is 329 g/mol. The van der Waals surface area contributed by atoms with E-state index in [0.717, 1.165) is 11.6 Å². The largest absolute Gasteiger partial charge is 0.506 e. The fourth-order valence-corrected chi connectivity index (χ4v) is 2.49. The maximum absolute atomic E-state index is 12.2. The first kappa shape index (κ1) is 15.1. The van der Waals surface area contributed by atoms with Gasteiger partial charge in [-0.2, -0.15) is 0 Å². The summed E-state index contributed by atoms with van der Waals surface area (Å²) >= 11 is 5.86. The Balaban J connectivity index is 2.23. The SMILES string of the molecule is COC(=O)c1cc(=O)c2cc(-c3ccc(Cl)cc3)cc(O)c2[nH]1. The highest BCUT2D eigenvalue weighted by Gasteiger charge is 2.13. The van der Waals surface area contributed by atoms with Crippen LogP contribution in [0.4, 0.5) is 0 Å². The van der Waals surface area contributed by atoms with E-state index in [4.69, 9.17) is 11.6 Å². The molecule has 2 N–H and O–H groups in total. The molecule has 0 atom stereocenters. The Kier molecular flexibility index (Phi) is 3.80. The summed E-state index contributed by atoms with van der Waals surface area (Å²) in [6.45, 7) is 0. The second kappa shape index (κ2) is 5.78. The first-order valence-electron chi connectivity index (χ1n) is 6.74. The zero-order valence-electron chi connectivity index (χ0n) is 12.1. The number of hydrogen-bond donors (Lipinski definition) is 2. The van der Waals surface area contributed by atoms with Crippen LogP contribution in [-0.4, -0.2) is 23.2 Å². The number of phenolic OH excluding ortho intramolecular Hbond substituents is 1. The van der Waals surface area contributed by atoms with Crippen molar-refractivity contribution in [2.24, 2.45) is 0 Å². The lowest BCUT2D eigenvalue weighted by Crippen LogP contribution is -2.11. The second-order valence-corrected chi connectivity index (χ2v) is 5.40. The van der Waals surface area contributed by atoms with Crippen LogP contribution in [0.5, 0.6) is 5.75 Å². The summed E-state index contributed by atoms with van der Waals surface area (Å²) in [5.74, 6) is -0.805. The number of ether oxygens (including phenoxy) is 1. The Morgan fingerprint density at radius 1 is 1.13 bits per heavy atom. The minimum Gasteiger partial charge on any atom is -0.506 e. The number of phenols is 1. The maximum Gasteiger partial charge on any atom is 0.354 e. The van der Waals surface area contributed by atoms with Gasteiger partial charge in [-0.25, -0.2) is 4.79 Å². The molecule has 3 aromatic rings. The molecule has 0 saturated heterocycles. The number of fused-ring (bicyclic) bond motifs is 1. The van der Waals surface area contributed by atoms with Crippen molar-refractivity contribution in [3.8, 4) is 16.9 Å². The molecule has 0 bridgehead atoms. The smallest absolute Gasteiger partial charge is 0.354 e. The highest BCUT2D eigenvalue weighted by Crippen LogP contribution is 2.30. The Labute approximate surface area is 136 Å². The van der Waals surface area contributed by atoms with Crippen LogP contribution in [0.1, 0.15) is 10.5 Å². The zero-order chi connectivity index (χ0) is 16.6. The number of rotatable bonds is 2. The maximum atomic E-state index is 12.2. The molecular formula is C17H12ClNO4. The lowest BCUT2D eigenvalue weighted by molar-refractivity contribution is 0.0594. The van der Waals surface area contributed by atoms with Crippen molar-refractivity contribution in [3.63, 3.8) is 0 Å². The lowest BCUT2D eigenvalue weighted by atomic mass is 10.0. The predicted octanol–water partition coefficient (Wildman–Crippen LogP) is 3.34. The predicted molar refractivity (Wildman–Crippen MR) is 88.0 cm³/mol. The number of carbonyl (C=O) groups is 1. The van der Waals surface area contributed by atoms with Gasteiger partial charge in [0.2, 0.25) is 0 Å². The number of aromatic amines is 1. The molecule has 0 aliphatic heterocycles. The van der Waals surface area contributed by atoms with Gasteiger partial charge in [-0.05, 0) is 35.4 Å². The second-order valence-electron chi connectivity index (χ2n) is 4.96. The third kappa shape index (κ3) is 2.78. The van der Waals surface area contributed by atoms with Gasteiger partial charge >= 0.3 is 5.97 Å². The van der Waals surface area contributed by atoms with Crippen LogP contribution >= 0.6 is 11.6 Å². The van der Waals surface area contributed by atoms with E-state index in [0.29, 0.717) is 10.6 Å². The number of H-pyrrole nitrogens is 1. The van der Waals surface area contributed by atoms with Gasteiger partial charge in [0.1, 0.15) is 11.4 Å². The standard InChI is InChI=1S/C17H12ClNO4/c1-23-17(22)13-8-14(20)12-6-10(7-15(21)16(12)19-13)9-2-4-11(18)5-3-9/h2-8,21H,1H3,(H,19,20). The van der Waals surface area contributed by atoms with Crippen LogP contribution in [0, 0.1) is 0 Å². The normalized spacial score (nSPS) is 10.7. The number of aromatic nitrogens is 1. The number of esters is 1. The van der Waals surface area contributed by atoms with Gasteiger partial charge in [0.05, 0.1) is 12.6 Å². The molecular weight excluding hydrogens is 318 g/mol. The molecule has 0 aliphatic carbocycles. The number of carbonyl (C=O) groups excluding carboxylic acids is 1. The van der Waals surface area contributed by atoms with E-state index < -0.39 is 5.97 Å². The minimum atomic E-state index is -0.676. The van der Waals surface area contributed by atoms with E-state index in [2.05, 4.69) is 9.72 Å². The minimum absolute atomic E-state index is 0.0143. The van der Waals surface area contributed by atoms with Crippen LogP contribution in [0.15, 0.2) is 47.3 Å². The van der Waals surface area contributed by atoms with Crippen molar-refractivity contribution in [2.75, 3.05) is 7.11 Å². The molecule has 2 aromatic carbocycles. The molecule has 23 heavy (non-hydrogen) atoms. The van der Waals surface area contributed by atoms with Gasteiger partial charge in [-0.3, -0.25) is 4.79 Å². The molecule has 1 heterocycles. The van der Waals surface area contributed by atoms with Gasteiger partial charge in [-0.1, -0.05) is 23.7 Å². The molecule has 3 rings (SSSR count). The Morgan fingerprint density at radius 2 is 1.83 bits per heavy atom. The number of pyridine rings is 1. The Bertz CT molecular complexity index is 961. The van der Waals surface area contributed by atoms with E-state index in [-0.39, 0.29) is 27.8 Å². The number of aromatic hydroxyl groups is 1. The Morgan fingerprint density at radius 3 is 2.48 bits per heavy atom. The first-order valence-corrected chi connectivity index (χ1v) is 7.11. The van der Waals surface area contributed by atoms with Crippen LogP contribution < -0.4 is 5.43 Å². The summed E-state index contributed by atoms with van der Waals surface area (Å²) in [7, 11) is 1.22. The van der Waals surface area contributed by atoms with Gasteiger partial charge in [0.25, 0.3) is 0 Å². The molecule has 5 nitrogen and oxygen atoms in total. The van der Waals surface area contributed by atoms with Crippen LogP contribution in [-0.2, 0) is 4.74 Å². The van der Waals surface area contributed by atoms with Gasteiger partial charge in [0, 0.05) is 16.5 Å². The van der Waals surface area contributed by atoms with E-state index in [9.17, 15) is 14.7 Å². The molecule has 0 amide bonds. The molecule has 1 aromatic heterocycles. The van der Waals surface area contributed by atoms with E-state index >= 15 is 0 Å². The van der Waals surface area contributed by atoms with Crippen molar-refractivity contribution in [1.82, 2.24) is 4.98 Å². The quantitative estimate of drug-likeness (QED) is 0.707. The van der Waals surface area contributed by atoms with E-state index in [1.807, 2.05) is 0 Å². The number of halogens is 1. The molecule has 0 saturated carbocycles. The number of benzene rings is 2. The summed E-state index contributed by atoms with van der Waals surface area (Å²) in [6, 6.07) is 11.4. The van der Waals surface area contributed by atoms with Crippen molar-refractivity contribution in [1.29, 1.82) is 0 Å². The molecule has 0 radical (unpaired) electrons. The molecule has 0 fully saturated rings. The average molecular weight is 330 g/mol. The van der Waals surface area contributed by atoms with Crippen molar-refractivity contribution in [3.05, 3.63) is 63.4 Å². The average Bonchev–Trinajstić information content (AvgIpc) is 2.55. The third-order valence-electron chi connectivity index (χ3n) is 3.50. The highest BCUT2D eigenvalue weighted by atomic mass is 35.5. The number of methoxy groups -OCH3 is 1. The third-order valence-corrected chi connectivity index (χ3v) is 3.75. The van der Waals surface area contributed by atoms with Crippen molar-refractivity contribution >= 4 is 28.5 Å². The highest BCUT2D eigenvalue weighted by molar-refractivity contribution is 6.30. The molecule has 0 spiro atoms. The number of hydrogen-bond acceptors (Lipinski definition) is 4. The van der Waals surface area contributed by atoms with Crippen LogP contribution in [0.25, 0.3) is 22.0 Å². The molecule has 6 heteroatoms. The molecule has 0 unspecified atom stereocenters. The fourth-order valence-electron chi connectivity index (χ4n) is 2.36. The lowest BCUT2D eigenvalue weighted by Gasteiger charge is -2.08. The van der Waals surface area contributed by atoms with Gasteiger partial charge in [-0.15, -0.1) is 0 Å². The molecule has 116 valence electrons. The van der Waals surface area contributed by atoms with Gasteiger partial charge in [0.15, 0.2) is 5.43 Å². The summed E-state index contributed by atoms with van der Waals surface area (Å²) in [5.41, 5.74) is 1.27. The van der Waals surface area contributed by atoms with Crippen LogP contribution in [0.2, 0.25) is 5.02 Å². The first-order chi connectivity index (χ1) is 11.0. The van der Waals surface area contributed by atoms with Gasteiger partial charge < -0.3 is 14.8 Å². The van der Waals surface area contributed by atoms with E-state index in [1.165, 1.54) is 13.2 Å². The topological polar surface area (TPSA) is 79.4 Å². The summed E-state index contributed by atoms with van der Waals surface area (Å²) in [6.07, 6.45) is 0. The van der Waals surface area contributed by atoms with E-state index in [1.54, 1.807) is 30.3 Å². The summed E-state index contributed by atoms with van der Waals surface area (Å²) in [5, 5.41) is 11.1. The summed E-state index contributed by atoms with van der Waals surface area (Å²) in [4.78, 5) is 26.5. The van der Waals surface area contributed by atoms with Crippen molar-refractivity contribution in [2.45, 2.75) is 0 Å².